The average Bonchev–Trinajstić information content (AvgIpc) is 3.20. The van der Waals surface area contributed by atoms with Crippen LogP contribution >= 0.6 is 0 Å². The molecular formula is C28H34FNO6. The Balaban J connectivity index is 2.08. The van der Waals surface area contributed by atoms with Crippen LogP contribution in [0.5, 0.6) is 11.5 Å². The molecule has 2 heterocycles. The molecule has 1 aliphatic heterocycles. The fourth-order valence-electron chi connectivity index (χ4n) is 5.54. The van der Waals surface area contributed by atoms with Crippen molar-refractivity contribution in [3.63, 3.8) is 0 Å². The standard InChI is InChI=1S/C28H34FNO6/c1-8-17-12-16-13-21(33-5)22(34-6)14-19(16)26-24(28(31)36-9-2)23(15(3)30(17)26)18-10-11-20(32-4)27(35-7)25(18)29/h10-11,14,17,21H,8-9,12-13H2,1-7H3. The number of rotatable bonds is 8. The highest BCUT2D eigenvalue weighted by atomic mass is 19.1. The van der Waals surface area contributed by atoms with Crippen molar-refractivity contribution in [3.05, 3.63) is 52.3 Å². The van der Waals surface area contributed by atoms with Gasteiger partial charge < -0.3 is 28.3 Å². The molecule has 1 aromatic carbocycles. The van der Waals surface area contributed by atoms with E-state index in [1.807, 2.05) is 13.0 Å². The van der Waals surface area contributed by atoms with Gasteiger partial charge in [0.15, 0.2) is 17.3 Å². The third kappa shape index (κ3) is 3.97. The van der Waals surface area contributed by atoms with Crippen LogP contribution in [0, 0.1) is 12.7 Å². The van der Waals surface area contributed by atoms with Crippen molar-refractivity contribution < 1.29 is 32.9 Å². The van der Waals surface area contributed by atoms with Gasteiger partial charge in [0.1, 0.15) is 11.9 Å². The zero-order valence-corrected chi connectivity index (χ0v) is 22.0. The molecule has 0 saturated carbocycles. The number of benzene rings is 1. The highest BCUT2D eigenvalue weighted by Gasteiger charge is 2.39. The molecule has 0 saturated heterocycles. The maximum atomic E-state index is 15.9. The van der Waals surface area contributed by atoms with E-state index in [1.165, 1.54) is 19.8 Å². The summed E-state index contributed by atoms with van der Waals surface area (Å²) < 4.78 is 45.5. The summed E-state index contributed by atoms with van der Waals surface area (Å²) in [4.78, 5) is 13.5. The molecule has 0 amide bonds. The molecule has 1 aliphatic carbocycles. The molecule has 1 aromatic heterocycles. The van der Waals surface area contributed by atoms with Gasteiger partial charge in [-0.15, -0.1) is 0 Å². The first-order chi connectivity index (χ1) is 17.4. The summed E-state index contributed by atoms with van der Waals surface area (Å²) >= 11 is 0. The second-order valence-corrected chi connectivity index (χ2v) is 8.90. The predicted molar refractivity (Wildman–Crippen MR) is 135 cm³/mol. The van der Waals surface area contributed by atoms with Crippen LogP contribution in [-0.2, 0) is 14.2 Å². The Morgan fingerprint density at radius 2 is 1.83 bits per heavy atom. The van der Waals surface area contributed by atoms with Gasteiger partial charge >= 0.3 is 5.97 Å². The first-order valence-corrected chi connectivity index (χ1v) is 12.2. The lowest BCUT2D eigenvalue weighted by Gasteiger charge is -2.35. The summed E-state index contributed by atoms with van der Waals surface area (Å²) in [6.07, 6.45) is 4.06. The lowest BCUT2D eigenvalue weighted by molar-refractivity contribution is 0.0526. The third-order valence-corrected chi connectivity index (χ3v) is 7.20. The molecule has 2 atom stereocenters. The number of allylic oxidation sites excluding steroid dienone is 2. The maximum Gasteiger partial charge on any atom is 0.340 e. The number of halogens is 1. The van der Waals surface area contributed by atoms with Gasteiger partial charge in [-0.05, 0) is 44.9 Å². The van der Waals surface area contributed by atoms with Gasteiger partial charge in [0.25, 0.3) is 0 Å². The molecule has 0 bridgehead atoms. The van der Waals surface area contributed by atoms with Crippen LogP contribution in [0.2, 0.25) is 0 Å². The summed E-state index contributed by atoms with van der Waals surface area (Å²) in [7, 11) is 6.13. The molecule has 0 radical (unpaired) electrons. The van der Waals surface area contributed by atoms with Crippen LogP contribution in [0.1, 0.15) is 60.9 Å². The molecule has 0 fully saturated rings. The number of fused-ring (bicyclic) bond motifs is 2. The van der Waals surface area contributed by atoms with Crippen LogP contribution in [0.3, 0.4) is 0 Å². The second-order valence-electron chi connectivity index (χ2n) is 8.90. The Morgan fingerprint density at radius 1 is 1.08 bits per heavy atom. The number of carbonyl (C=O) groups excluding carboxylic acids is 1. The summed E-state index contributed by atoms with van der Waals surface area (Å²) in [5.74, 6) is -0.136. The van der Waals surface area contributed by atoms with Gasteiger partial charge in [-0.3, -0.25) is 0 Å². The highest BCUT2D eigenvalue weighted by molar-refractivity contribution is 6.05. The Morgan fingerprint density at radius 3 is 2.42 bits per heavy atom. The highest BCUT2D eigenvalue weighted by Crippen LogP contribution is 2.49. The second kappa shape index (κ2) is 10.4. The van der Waals surface area contributed by atoms with Crippen molar-refractivity contribution >= 4 is 11.5 Å². The molecule has 0 spiro atoms. The van der Waals surface area contributed by atoms with Crippen LogP contribution < -0.4 is 9.47 Å². The number of hydrogen-bond acceptors (Lipinski definition) is 6. The molecule has 2 aromatic rings. The minimum atomic E-state index is -0.591. The van der Waals surface area contributed by atoms with Crippen molar-refractivity contribution in [1.82, 2.24) is 4.57 Å². The molecular weight excluding hydrogens is 465 g/mol. The van der Waals surface area contributed by atoms with Crippen molar-refractivity contribution in [3.8, 4) is 22.6 Å². The number of ether oxygens (including phenoxy) is 5. The Labute approximate surface area is 211 Å². The maximum absolute atomic E-state index is 15.9. The van der Waals surface area contributed by atoms with Gasteiger partial charge in [-0.2, -0.15) is 0 Å². The van der Waals surface area contributed by atoms with Crippen molar-refractivity contribution in [2.24, 2.45) is 0 Å². The number of nitrogens with zero attached hydrogens (tertiary/aromatic N) is 1. The zero-order chi connectivity index (χ0) is 26.1. The van der Waals surface area contributed by atoms with E-state index in [-0.39, 0.29) is 35.8 Å². The monoisotopic (exact) mass is 499 g/mol. The van der Waals surface area contributed by atoms with Gasteiger partial charge in [0, 0.05) is 42.0 Å². The number of aromatic nitrogens is 1. The van der Waals surface area contributed by atoms with E-state index in [0.29, 0.717) is 23.3 Å². The molecule has 36 heavy (non-hydrogen) atoms. The van der Waals surface area contributed by atoms with E-state index in [1.54, 1.807) is 33.3 Å². The van der Waals surface area contributed by atoms with E-state index in [0.717, 1.165) is 29.8 Å². The molecule has 4 rings (SSSR count). The van der Waals surface area contributed by atoms with Crippen LogP contribution in [-0.4, -0.2) is 51.7 Å². The van der Waals surface area contributed by atoms with E-state index in [2.05, 4.69) is 11.5 Å². The van der Waals surface area contributed by atoms with Crippen LogP contribution in [0.4, 0.5) is 4.39 Å². The lowest BCUT2D eigenvalue weighted by Crippen LogP contribution is -2.27. The molecule has 8 heteroatoms. The number of carbonyl (C=O) groups is 1. The average molecular weight is 500 g/mol. The van der Waals surface area contributed by atoms with Gasteiger partial charge in [0.05, 0.1) is 39.2 Å². The Bertz CT molecular complexity index is 1240. The largest absolute Gasteiger partial charge is 0.498 e. The SMILES string of the molecule is CCOC(=O)c1c(-c2ccc(OC)c(OC)c2F)c(C)n2c1C1=C(CC(OC)C(OC)=C1)CC2CC. The zero-order valence-electron chi connectivity index (χ0n) is 22.0. The van der Waals surface area contributed by atoms with Crippen molar-refractivity contribution in [2.45, 2.75) is 52.2 Å². The van der Waals surface area contributed by atoms with Gasteiger partial charge in [0.2, 0.25) is 0 Å². The van der Waals surface area contributed by atoms with Gasteiger partial charge in [-0.1, -0.05) is 12.5 Å². The summed E-state index contributed by atoms with van der Waals surface area (Å²) in [5.41, 5.74) is 4.70. The van der Waals surface area contributed by atoms with Crippen molar-refractivity contribution in [2.75, 3.05) is 35.0 Å². The van der Waals surface area contributed by atoms with Gasteiger partial charge in [-0.25, -0.2) is 9.18 Å². The first kappa shape index (κ1) is 25.8. The number of hydrogen-bond donors (Lipinski definition) is 0. The van der Waals surface area contributed by atoms with E-state index >= 15 is 4.39 Å². The Kier molecular flexibility index (Phi) is 7.45. The third-order valence-electron chi connectivity index (χ3n) is 7.20. The summed E-state index contributed by atoms with van der Waals surface area (Å²) in [6, 6.07) is 3.37. The number of methoxy groups -OCH3 is 4. The minimum absolute atomic E-state index is 0.0116. The first-order valence-electron chi connectivity index (χ1n) is 12.2. The summed E-state index contributed by atoms with van der Waals surface area (Å²) in [6.45, 7) is 6.00. The van der Waals surface area contributed by atoms with E-state index < -0.39 is 11.8 Å². The van der Waals surface area contributed by atoms with E-state index in [4.69, 9.17) is 23.7 Å². The van der Waals surface area contributed by atoms with Crippen LogP contribution in [0.25, 0.3) is 16.7 Å². The fourth-order valence-corrected chi connectivity index (χ4v) is 5.54. The molecule has 194 valence electrons. The topological polar surface area (TPSA) is 68.2 Å². The normalized spacial score (nSPS) is 18.8. The van der Waals surface area contributed by atoms with Crippen LogP contribution in [0.15, 0.2) is 29.5 Å². The number of esters is 1. The predicted octanol–water partition coefficient (Wildman–Crippen LogP) is 5.85. The molecule has 2 unspecified atom stereocenters. The summed E-state index contributed by atoms with van der Waals surface area (Å²) in [5, 5.41) is 0. The smallest absolute Gasteiger partial charge is 0.340 e. The van der Waals surface area contributed by atoms with E-state index in [9.17, 15) is 4.79 Å². The molecule has 7 nitrogen and oxygen atoms in total. The minimum Gasteiger partial charge on any atom is -0.498 e. The molecule has 2 aliphatic rings. The fraction of sp³-hybridized carbons (Fsp3) is 0.464. The lowest BCUT2D eigenvalue weighted by atomic mass is 9.83. The quantitative estimate of drug-likeness (QED) is 0.424. The van der Waals surface area contributed by atoms with Crippen molar-refractivity contribution in [1.29, 1.82) is 0 Å². The molecule has 0 N–H and O–H groups in total. The Hall–Kier alpha value is -3.26.